The highest BCUT2D eigenvalue weighted by molar-refractivity contribution is 5.14. The third-order valence-corrected chi connectivity index (χ3v) is 11.2. The molecule has 0 aromatic carbocycles. The van der Waals surface area contributed by atoms with Gasteiger partial charge in [-0.05, 0) is 110 Å². The third-order valence-electron chi connectivity index (χ3n) is 11.2. The molecule has 4 saturated carbocycles. The van der Waals surface area contributed by atoms with Crippen molar-refractivity contribution in [2.45, 2.75) is 117 Å². The Morgan fingerprint density at radius 1 is 0.871 bits per heavy atom. The lowest BCUT2D eigenvalue weighted by Gasteiger charge is -2.63. The maximum absolute atomic E-state index is 11.6. The molecule has 4 N–H and O–H groups in total. The van der Waals surface area contributed by atoms with E-state index in [1.807, 2.05) is 0 Å². The van der Waals surface area contributed by atoms with Crippen molar-refractivity contribution in [3.8, 4) is 0 Å². The van der Waals surface area contributed by atoms with Crippen LogP contribution in [-0.4, -0.2) is 44.8 Å². The van der Waals surface area contributed by atoms with Crippen molar-refractivity contribution in [2.24, 2.45) is 52.3 Å². The van der Waals surface area contributed by atoms with Gasteiger partial charge in [-0.25, -0.2) is 0 Å². The second-order valence-corrected chi connectivity index (χ2v) is 12.9. The van der Waals surface area contributed by atoms with Crippen molar-refractivity contribution >= 4 is 0 Å². The Kier molecular flexibility index (Phi) is 6.62. The number of hydrogen-bond donors (Lipinski definition) is 4. The second-order valence-electron chi connectivity index (χ2n) is 12.9. The van der Waals surface area contributed by atoms with Crippen LogP contribution in [0.25, 0.3) is 0 Å². The van der Waals surface area contributed by atoms with E-state index >= 15 is 0 Å². The first-order chi connectivity index (χ1) is 14.5. The summed E-state index contributed by atoms with van der Waals surface area (Å²) in [7, 11) is 0. The number of fused-ring (bicyclic) bond motifs is 5. The molecule has 4 nitrogen and oxygen atoms in total. The molecule has 180 valence electrons. The summed E-state index contributed by atoms with van der Waals surface area (Å²) in [5, 5.41) is 43.6. The summed E-state index contributed by atoms with van der Waals surface area (Å²) in [6.45, 7) is 11.2. The van der Waals surface area contributed by atoms with Crippen molar-refractivity contribution in [2.75, 3.05) is 0 Å². The molecule has 4 heteroatoms. The molecule has 0 amide bonds. The van der Waals surface area contributed by atoms with E-state index in [-0.39, 0.29) is 41.2 Å². The van der Waals surface area contributed by atoms with Crippen molar-refractivity contribution in [1.82, 2.24) is 0 Å². The van der Waals surface area contributed by atoms with Crippen LogP contribution < -0.4 is 0 Å². The first-order valence-corrected chi connectivity index (χ1v) is 13.2. The Morgan fingerprint density at radius 3 is 2.26 bits per heavy atom. The van der Waals surface area contributed by atoms with Gasteiger partial charge in [0, 0.05) is 0 Å². The van der Waals surface area contributed by atoms with Gasteiger partial charge in [0.2, 0.25) is 0 Å². The molecule has 4 fully saturated rings. The molecule has 12 atom stereocenters. The van der Waals surface area contributed by atoms with Gasteiger partial charge in [-0.3, -0.25) is 0 Å². The molecular weight excluding hydrogens is 388 g/mol. The molecule has 0 aromatic heterocycles. The van der Waals surface area contributed by atoms with Gasteiger partial charge in [-0.2, -0.15) is 0 Å². The van der Waals surface area contributed by atoms with Crippen LogP contribution in [0.1, 0.15) is 92.4 Å². The van der Waals surface area contributed by atoms with Gasteiger partial charge >= 0.3 is 0 Å². The van der Waals surface area contributed by atoms with Crippen LogP contribution in [0.2, 0.25) is 0 Å². The summed E-state index contributed by atoms with van der Waals surface area (Å²) < 4.78 is 0. The molecule has 0 aromatic rings. The minimum absolute atomic E-state index is 0.135. The minimum atomic E-state index is -0.321. The fourth-order valence-electron chi connectivity index (χ4n) is 9.10. The molecule has 0 bridgehead atoms. The Morgan fingerprint density at radius 2 is 1.58 bits per heavy atom. The maximum atomic E-state index is 11.6. The zero-order valence-electron chi connectivity index (χ0n) is 20.5. The van der Waals surface area contributed by atoms with Crippen LogP contribution >= 0.6 is 0 Å². The van der Waals surface area contributed by atoms with Gasteiger partial charge in [0.15, 0.2) is 0 Å². The van der Waals surface area contributed by atoms with E-state index in [0.717, 1.165) is 57.8 Å². The fraction of sp³-hybridized carbons (Fsp3) is 1.00. The van der Waals surface area contributed by atoms with E-state index in [9.17, 15) is 20.4 Å². The molecule has 0 radical (unpaired) electrons. The monoisotopic (exact) mass is 436 g/mol. The standard InChI is InChI=1S/C27H48O4/c1-15(2)22(29)9-6-16(3)19-7-8-20-25-21(14-24(31)27(19,20)5)26(4)11-10-18(28)12-17(26)13-23(25)30/h15-25,28-31H,6-14H2,1-5H3/t16-,17-,18-,19-,20+,21+,22?,23-,24+,25+,26+,27-/m1/s1. The molecule has 1 unspecified atom stereocenters. The summed E-state index contributed by atoms with van der Waals surface area (Å²) in [5.74, 6) is 2.62. The number of hydrogen-bond acceptors (Lipinski definition) is 4. The SMILES string of the molecule is CC(C)C(O)CC[C@@H](C)[C@H]1CC[C@H]2[C@@H]3[C@H](O)C[C@H]4C[C@H](O)CC[C@]4(C)[C@H]3C[C@H](O)[C@]12C. The highest BCUT2D eigenvalue weighted by atomic mass is 16.3. The van der Waals surface area contributed by atoms with E-state index in [2.05, 4.69) is 34.6 Å². The van der Waals surface area contributed by atoms with Crippen LogP contribution in [-0.2, 0) is 0 Å². The van der Waals surface area contributed by atoms with Gasteiger partial charge in [-0.15, -0.1) is 0 Å². The van der Waals surface area contributed by atoms with E-state index in [1.165, 1.54) is 0 Å². The molecular formula is C27H48O4. The predicted octanol–water partition coefficient (Wildman–Crippen LogP) is 4.38. The Labute approximate surface area is 189 Å². The molecule has 0 aliphatic heterocycles. The van der Waals surface area contributed by atoms with Crippen molar-refractivity contribution in [1.29, 1.82) is 0 Å². The van der Waals surface area contributed by atoms with Crippen LogP contribution in [0.3, 0.4) is 0 Å². The van der Waals surface area contributed by atoms with E-state index in [4.69, 9.17) is 0 Å². The Balaban J connectivity index is 1.55. The zero-order valence-corrected chi connectivity index (χ0v) is 20.5. The molecule has 31 heavy (non-hydrogen) atoms. The second kappa shape index (κ2) is 8.56. The molecule has 4 aliphatic carbocycles. The molecule has 0 saturated heterocycles. The fourth-order valence-corrected chi connectivity index (χ4v) is 9.10. The zero-order chi connectivity index (χ0) is 22.7. The molecule has 4 rings (SSSR count). The highest BCUT2D eigenvalue weighted by Crippen LogP contribution is 2.68. The maximum Gasteiger partial charge on any atom is 0.0602 e. The summed E-state index contributed by atoms with van der Waals surface area (Å²) >= 11 is 0. The Hall–Kier alpha value is -0.160. The van der Waals surface area contributed by atoms with Gasteiger partial charge in [0.25, 0.3) is 0 Å². The quantitative estimate of drug-likeness (QED) is 0.515. The minimum Gasteiger partial charge on any atom is -0.393 e. The lowest BCUT2D eigenvalue weighted by Crippen LogP contribution is -2.62. The van der Waals surface area contributed by atoms with Crippen LogP contribution in [0.4, 0.5) is 0 Å². The van der Waals surface area contributed by atoms with Crippen molar-refractivity contribution in [3.05, 3.63) is 0 Å². The highest BCUT2D eigenvalue weighted by Gasteiger charge is 2.65. The first kappa shape index (κ1) is 24.0. The largest absolute Gasteiger partial charge is 0.393 e. The summed E-state index contributed by atoms with van der Waals surface area (Å²) in [6, 6.07) is 0. The first-order valence-electron chi connectivity index (χ1n) is 13.2. The average molecular weight is 437 g/mol. The van der Waals surface area contributed by atoms with Crippen molar-refractivity contribution in [3.63, 3.8) is 0 Å². The van der Waals surface area contributed by atoms with Gasteiger partial charge in [0.05, 0.1) is 24.4 Å². The summed E-state index contributed by atoms with van der Waals surface area (Å²) in [4.78, 5) is 0. The van der Waals surface area contributed by atoms with Crippen LogP contribution in [0.15, 0.2) is 0 Å². The van der Waals surface area contributed by atoms with E-state index < -0.39 is 0 Å². The van der Waals surface area contributed by atoms with Gasteiger partial charge in [0.1, 0.15) is 0 Å². The smallest absolute Gasteiger partial charge is 0.0602 e. The van der Waals surface area contributed by atoms with E-state index in [0.29, 0.717) is 35.5 Å². The molecule has 0 heterocycles. The van der Waals surface area contributed by atoms with Crippen molar-refractivity contribution < 1.29 is 20.4 Å². The Bertz CT molecular complexity index is 637. The average Bonchev–Trinajstić information content (AvgIpc) is 3.06. The lowest BCUT2D eigenvalue weighted by atomic mass is 9.43. The van der Waals surface area contributed by atoms with Gasteiger partial charge in [-0.1, -0.05) is 34.6 Å². The third kappa shape index (κ3) is 3.82. The lowest BCUT2D eigenvalue weighted by molar-refractivity contribution is -0.207. The number of aliphatic hydroxyl groups excluding tert-OH is 4. The predicted molar refractivity (Wildman–Crippen MR) is 123 cm³/mol. The number of aliphatic hydroxyl groups is 4. The number of rotatable bonds is 5. The normalized spacial score (nSPS) is 51.7. The molecule has 0 spiro atoms. The van der Waals surface area contributed by atoms with Crippen LogP contribution in [0, 0.1) is 52.3 Å². The van der Waals surface area contributed by atoms with E-state index in [1.54, 1.807) is 0 Å². The van der Waals surface area contributed by atoms with Gasteiger partial charge < -0.3 is 20.4 Å². The summed E-state index contributed by atoms with van der Waals surface area (Å²) in [6.07, 6.45) is 7.31. The summed E-state index contributed by atoms with van der Waals surface area (Å²) in [5.41, 5.74) is -0.00175. The van der Waals surface area contributed by atoms with Crippen LogP contribution in [0.5, 0.6) is 0 Å². The topological polar surface area (TPSA) is 80.9 Å². The molecule has 4 aliphatic rings.